The van der Waals surface area contributed by atoms with Gasteiger partial charge in [-0.2, -0.15) is 5.10 Å². The lowest BCUT2D eigenvalue weighted by Gasteiger charge is -2.09. The zero-order chi connectivity index (χ0) is 20.3. The molecule has 0 bridgehead atoms. The zero-order valence-electron chi connectivity index (χ0n) is 16.2. The summed E-state index contributed by atoms with van der Waals surface area (Å²) in [5.74, 6) is 0.507. The normalized spacial score (nSPS) is 10.9. The van der Waals surface area contributed by atoms with Crippen LogP contribution in [0.5, 0.6) is 0 Å². The summed E-state index contributed by atoms with van der Waals surface area (Å²) in [6.07, 6.45) is 1.87. The molecule has 5 aromatic rings. The average Bonchev–Trinajstić information content (AvgIpc) is 3.21. The van der Waals surface area contributed by atoms with Crippen LogP contribution in [0.4, 0.5) is 16.3 Å². The summed E-state index contributed by atoms with van der Waals surface area (Å²) in [5, 5.41) is 14.7. The average molecular weight is 392 g/mol. The molecule has 0 aliphatic rings. The second kappa shape index (κ2) is 7.72. The van der Waals surface area contributed by atoms with Gasteiger partial charge in [0.2, 0.25) is 0 Å². The maximum atomic E-state index is 12.5. The van der Waals surface area contributed by atoms with Crippen LogP contribution < -0.4 is 10.6 Å². The summed E-state index contributed by atoms with van der Waals surface area (Å²) in [4.78, 5) is 12.5. The molecule has 2 amide bonds. The number of urea groups is 1. The number of anilines is 2. The van der Waals surface area contributed by atoms with Gasteiger partial charge in [-0.1, -0.05) is 78.9 Å². The molecule has 0 fully saturated rings. The minimum atomic E-state index is -0.318. The summed E-state index contributed by atoms with van der Waals surface area (Å²) in [6.45, 7) is 0.633. The van der Waals surface area contributed by atoms with Gasteiger partial charge in [-0.3, -0.25) is 10.00 Å². The number of hydrogen-bond acceptors (Lipinski definition) is 2. The van der Waals surface area contributed by atoms with Gasteiger partial charge in [-0.05, 0) is 27.8 Å². The molecule has 4 aromatic carbocycles. The number of nitrogens with one attached hydrogen (secondary N) is 2. The molecule has 0 saturated heterocycles. The molecule has 0 unspecified atom stereocenters. The van der Waals surface area contributed by atoms with Crippen LogP contribution in [0.3, 0.4) is 0 Å². The van der Waals surface area contributed by atoms with Gasteiger partial charge in [-0.25, -0.2) is 4.79 Å². The van der Waals surface area contributed by atoms with Crippen molar-refractivity contribution in [1.29, 1.82) is 0 Å². The molecule has 0 radical (unpaired) electrons. The monoisotopic (exact) mass is 392 g/mol. The molecule has 5 rings (SSSR count). The summed E-state index contributed by atoms with van der Waals surface area (Å²) in [5.41, 5.74) is 1.95. The number of nitrogens with zero attached hydrogens (tertiary/aromatic N) is 2. The fourth-order valence-corrected chi connectivity index (χ4v) is 3.73. The van der Waals surface area contributed by atoms with Crippen LogP contribution in [0, 0.1) is 0 Å². The van der Waals surface area contributed by atoms with Crippen molar-refractivity contribution in [2.24, 2.45) is 0 Å². The molecule has 5 heteroatoms. The van der Waals surface area contributed by atoms with Crippen molar-refractivity contribution in [3.63, 3.8) is 0 Å². The SMILES string of the molecule is O=C(Nc1ccn(Cc2cccc3ccccc23)n1)Nc1cccc2ccccc12. The molecular weight excluding hydrogens is 372 g/mol. The zero-order valence-corrected chi connectivity index (χ0v) is 16.2. The third kappa shape index (κ3) is 3.61. The van der Waals surface area contributed by atoms with Gasteiger partial charge in [-0.15, -0.1) is 0 Å². The lowest BCUT2D eigenvalue weighted by molar-refractivity contribution is 0.262. The minimum Gasteiger partial charge on any atom is -0.307 e. The summed E-state index contributed by atoms with van der Waals surface area (Å²) < 4.78 is 1.83. The molecule has 146 valence electrons. The molecule has 0 aliphatic heterocycles. The van der Waals surface area contributed by atoms with Crippen LogP contribution >= 0.6 is 0 Å². The van der Waals surface area contributed by atoms with Gasteiger partial charge in [0.05, 0.1) is 12.2 Å². The molecule has 30 heavy (non-hydrogen) atoms. The molecule has 0 spiro atoms. The first-order chi connectivity index (χ1) is 14.8. The first-order valence-corrected chi connectivity index (χ1v) is 9.82. The Morgan fingerprint density at radius 2 is 1.40 bits per heavy atom. The van der Waals surface area contributed by atoms with E-state index in [-0.39, 0.29) is 6.03 Å². The number of benzene rings is 4. The molecule has 2 N–H and O–H groups in total. The molecule has 0 atom stereocenters. The van der Waals surface area contributed by atoms with Gasteiger partial charge >= 0.3 is 6.03 Å². The van der Waals surface area contributed by atoms with Gasteiger partial charge in [0, 0.05) is 17.6 Å². The number of rotatable bonds is 4. The first kappa shape index (κ1) is 17.9. The fourth-order valence-electron chi connectivity index (χ4n) is 3.73. The number of aromatic nitrogens is 2. The Bertz CT molecular complexity index is 1350. The van der Waals surface area contributed by atoms with E-state index in [0.29, 0.717) is 12.4 Å². The van der Waals surface area contributed by atoms with Gasteiger partial charge in [0.1, 0.15) is 0 Å². The highest BCUT2D eigenvalue weighted by Crippen LogP contribution is 2.23. The summed E-state index contributed by atoms with van der Waals surface area (Å²) in [7, 11) is 0. The van der Waals surface area contributed by atoms with Crippen LogP contribution in [0.2, 0.25) is 0 Å². The second-order valence-corrected chi connectivity index (χ2v) is 7.14. The lowest BCUT2D eigenvalue weighted by atomic mass is 10.0. The van der Waals surface area contributed by atoms with E-state index in [0.717, 1.165) is 16.5 Å². The van der Waals surface area contributed by atoms with Crippen molar-refractivity contribution in [3.05, 3.63) is 103 Å². The lowest BCUT2D eigenvalue weighted by Crippen LogP contribution is -2.20. The van der Waals surface area contributed by atoms with E-state index in [1.54, 1.807) is 6.07 Å². The number of carbonyl (C=O) groups is 1. The Kier molecular flexibility index (Phi) is 4.62. The summed E-state index contributed by atoms with van der Waals surface area (Å²) >= 11 is 0. The Hall–Kier alpha value is -4.12. The third-order valence-electron chi connectivity index (χ3n) is 5.13. The van der Waals surface area contributed by atoms with E-state index in [4.69, 9.17) is 0 Å². The van der Waals surface area contributed by atoms with Crippen molar-refractivity contribution >= 4 is 39.1 Å². The molecule has 5 nitrogen and oxygen atoms in total. The van der Waals surface area contributed by atoms with E-state index >= 15 is 0 Å². The van der Waals surface area contributed by atoms with Crippen molar-refractivity contribution < 1.29 is 4.79 Å². The molecular formula is C25H20N4O. The Morgan fingerprint density at radius 3 is 2.23 bits per heavy atom. The highest BCUT2D eigenvalue weighted by molar-refractivity contribution is 6.05. The number of amides is 2. The Balaban J connectivity index is 1.30. The molecule has 1 aromatic heterocycles. The molecule has 1 heterocycles. The van der Waals surface area contributed by atoms with Gasteiger partial charge in [0.15, 0.2) is 5.82 Å². The summed E-state index contributed by atoms with van der Waals surface area (Å²) in [6, 6.07) is 29.8. The van der Waals surface area contributed by atoms with Crippen LogP contribution in [-0.4, -0.2) is 15.8 Å². The number of carbonyl (C=O) groups excluding carboxylic acids is 1. The minimum absolute atomic E-state index is 0.318. The maximum absolute atomic E-state index is 12.5. The van der Waals surface area contributed by atoms with E-state index in [1.807, 2.05) is 65.5 Å². The van der Waals surface area contributed by atoms with E-state index in [1.165, 1.54) is 16.3 Å². The van der Waals surface area contributed by atoms with E-state index < -0.39 is 0 Å². The standard InChI is InChI=1S/C25H20N4O/c30-25(26-23-14-6-10-19-8-2-4-13-22(19)23)27-24-15-16-29(28-24)17-20-11-5-9-18-7-1-3-12-21(18)20/h1-16H,17H2,(H2,26,27,28,30). The maximum Gasteiger partial charge on any atom is 0.324 e. The smallest absolute Gasteiger partial charge is 0.307 e. The Morgan fingerprint density at radius 1 is 0.733 bits per heavy atom. The van der Waals surface area contributed by atoms with Crippen molar-refractivity contribution in [1.82, 2.24) is 9.78 Å². The van der Waals surface area contributed by atoms with Crippen molar-refractivity contribution in [2.45, 2.75) is 6.54 Å². The quantitative estimate of drug-likeness (QED) is 0.401. The number of fused-ring (bicyclic) bond motifs is 2. The number of hydrogen-bond donors (Lipinski definition) is 2. The van der Waals surface area contributed by atoms with Crippen LogP contribution in [-0.2, 0) is 6.54 Å². The highest BCUT2D eigenvalue weighted by Gasteiger charge is 2.08. The van der Waals surface area contributed by atoms with Gasteiger partial charge in [0.25, 0.3) is 0 Å². The van der Waals surface area contributed by atoms with Crippen LogP contribution in [0.25, 0.3) is 21.5 Å². The highest BCUT2D eigenvalue weighted by atomic mass is 16.2. The third-order valence-corrected chi connectivity index (χ3v) is 5.13. The first-order valence-electron chi connectivity index (χ1n) is 9.82. The largest absolute Gasteiger partial charge is 0.324 e. The predicted molar refractivity (Wildman–Crippen MR) is 122 cm³/mol. The van der Waals surface area contributed by atoms with Crippen molar-refractivity contribution in [3.8, 4) is 0 Å². The Labute approximate surface area is 174 Å². The van der Waals surface area contributed by atoms with Crippen LogP contribution in [0.15, 0.2) is 97.2 Å². The van der Waals surface area contributed by atoms with E-state index in [2.05, 4.69) is 46.1 Å². The second-order valence-electron chi connectivity index (χ2n) is 7.14. The predicted octanol–water partition coefficient (Wildman–Crippen LogP) is 5.88. The van der Waals surface area contributed by atoms with E-state index in [9.17, 15) is 4.79 Å². The van der Waals surface area contributed by atoms with Crippen LogP contribution in [0.1, 0.15) is 5.56 Å². The van der Waals surface area contributed by atoms with Gasteiger partial charge < -0.3 is 5.32 Å². The topological polar surface area (TPSA) is 59.0 Å². The fraction of sp³-hybridized carbons (Fsp3) is 0.0400. The molecule has 0 aliphatic carbocycles. The van der Waals surface area contributed by atoms with Crippen molar-refractivity contribution in [2.75, 3.05) is 10.6 Å². The molecule has 0 saturated carbocycles.